The van der Waals surface area contributed by atoms with E-state index in [4.69, 9.17) is 6.42 Å². The van der Waals surface area contributed by atoms with Gasteiger partial charge in [0.1, 0.15) is 0 Å². The smallest absolute Gasteiger partial charge is 0.268 e. The Labute approximate surface area is 186 Å². The van der Waals surface area contributed by atoms with E-state index in [-0.39, 0.29) is 23.3 Å². The van der Waals surface area contributed by atoms with Gasteiger partial charge in [-0.3, -0.25) is 19.4 Å². The van der Waals surface area contributed by atoms with Crippen LogP contribution in [0.1, 0.15) is 11.6 Å². The molecule has 2 amide bonds. The second kappa shape index (κ2) is 7.33. The molecule has 0 radical (unpaired) electrons. The van der Waals surface area contributed by atoms with Crippen LogP contribution in [0.3, 0.4) is 0 Å². The summed E-state index contributed by atoms with van der Waals surface area (Å²) in [7, 11) is -1.99. The van der Waals surface area contributed by atoms with Gasteiger partial charge in [-0.2, -0.15) is 0 Å². The molecule has 8 heteroatoms. The number of hydrogen-bond acceptors (Lipinski definition) is 5. The molecule has 0 bridgehead atoms. The molecule has 32 heavy (non-hydrogen) atoms. The number of aromatic nitrogens is 1. The summed E-state index contributed by atoms with van der Waals surface area (Å²) < 4.78 is 28.1. The van der Waals surface area contributed by atoms with Crippen molar-refractivity contribution in [2.75, 3.05) is 20.1 Å². The van der Waals surface area contributed by atoms with Crippen LogP contribution in [-0.4, -0.2) is 54.1 Å². The second-order valence-corrected chi connectivity index (χ2v) is 10.0. The van der Waals surface area contributed by atoms with E-state index in [1.807, 2.05) is 24.1 Å². The minimum absolute atomic E-state index is 0.0504. The molecule has 7 nitrogen and oxygen atoms in total. The predicted octanol–water partition coefficient (Wildman–Crippen LogP) is 2.10. The molecule has 3 atom stereocenters. The summed E-state index contributed by atoms with van der Waals surface area (Å²) in [6, 6.07) is 15.0. The van der Waals surface area contributed by atoms with Crippen molar-refractivity contribution >= 4 is 32.7 Å². The quantitative estimate of drug-likeness (QED) is 0.452. The Kier molecular flexibility index (Phi) is 4.69. The fourth-order valence-electron chi connectivity index (χ4n) is 5.05. The lowest BCUT2D eigenvalue weighted by molar-refractivity contribution is -0.140. The van der Waals surface area contributed by atoms with Crippen molar-refractivity contribution in [3.8, 4) is 12.3 Å². The zero-order valence-electron chi connectivity index (χ0n) is 17.4. The molecule has 1 aromatic heterocycles. The first kappa shape index (κ1) is 20.5. The molecule has 3 heterocycles. The Morgan fingerprint density at radius 2 is 1.72 bits per heavy atom. The Hall–Kier alpha value is -3.41. The number of carbonyl (C=O) groups excluding carboxylic acids is 2. The molecule has 2 fully saturated rings. The van der Waals surface area contributed by atoms with Gasteiger partial charge >= 0.3 is 0 Å². The molecular weight excluding hydrogens is 426 g/mol. The fraction of sp³-hybridized carbons (Fsp3) is 0.250. The van der Waals surface area contributed by atoms with Crippen LogP contribution in [0.15, 0.2) is 65.7 Å². The highest BCUT2D eigenvalue weighted by Crippen LogP contribution is 2.47. The van der Waals surface area contributed by atoms with Gasteiger partial charge in [-0.1, -0.05) is 42.3 Å². The number of benzene rings is 2. The first-order valence-corrected chi connectivity index (χ1v) is 11.7. The summed E-state index contributed by atoms with van der Waals surface area (Å²) in [5.41, 5.74) is 1.24. The fourth-order valence-corrected chi connectivity index (χ4v) is 6.45. The minimum atomic E-state index is -3.85. The molecule has 2 saturated heterocycles. The van der Waals surface area contributed by atoms with Gasteiger partial charge in [-0.25, -0.2) is 12.4 Å². The van der Waals surface area contributed by atoms with E-state index < -0.39 is 27.9 Å². The molecule has 0 spiro atoms. The van der Waals surface area contributed by atoms with Gasteiger partial charge in [0.05, 0.1) is 28.8 Å². The van der Waals surface area contributed by atoms with Gasteiger partial charge in [0, 0.05) is 24.2 Å². The van der Waals surface area contributed by atoms with Gasteiger partial charge in [0.15, 0.2) is 0 Å². The maximum absolute atomic E-state index is 13.4. The summed E-state index contributed by atoms with van der Waals surface area (Å²) in [4.78, 5) is 29.2. The normalized spacial score (nSPS) is 23.6. The highest BCUT2D eigenvalue weighted by atomic mass is 32.2. The first-order chi connectivity index (χ1) is 15.4. The second-order valence-electron chi connectivity index (χ2n) is 8.20. The Balaban J connectivity index is 1.67. The lowest BCUT2D eigenvalue weighted by atomic mass is 9.88. The van der Waals surface area contributed by atoms with Gasteiger partial charge < -0.3 is 0 Å². The third-order valence-electron chi connectivity index (χ3n) is 6.44. The zero-order chi connectivity index (χ0) is 22.6. The molecule has 3 aromatic rings. The van der Waals surface area contributed by atoms with Crippen molar-refractivity contribution in [3.05, 3.63) is 66.4 Å². The number of para-hydroxylation sites is 1. The minimum Gasteiger partial charge on any atom is -0.298 e. The number of hydrogen-bond donors (Lipinski definition) is 0. The summed E-state index contributed by atoms with van der Waals surface area (Å²) in [6.45, 7) is 0.358. The number of imide groups is 1. The predicted molar refractivity (Wildman–Crippen MR) is 119 cm³/mol. The Morgan fingerprint density at radius 1 is 1.03 bits per heavy atom. The number of amides is 2. The van der Waals surface area contributed by atoms with Crippen molar-refractivity contribution < 1.29 is 18.0 Å². The monoisotopic (exact) mass is 447 g/mol. The standard InChI is InChI=1S/C24H21N3O4S/c1-3-13-26-23(28)19-14-25(2)22(21(19)24(26)29)18-15-27(20-12-8-7-11-17(18)20)32(30,31)16-9-5-4-6-10-16/h1,4-12,15,19,21-22H,13-14H2,2H3/t19-,21-,22+/m0/s1. The molecule has 162 valence electrons. The van der Waals surface area contributed by atoms with E-state index >= 15 is 0 Å². The van der Waals surface area contributed by atoms with E-state index in [0.29, 0.717) is 17.6 Å². The van der Waals surface area contributed by atoms with Crippen LogP contribution in [0.2, 0.25) is 0 Å². The summed E-state index contributed by atoms with van der Waals surface area (Å²) in [5, 5.41) is 0.736. The number of likely N-dealkylation sites (tertiary alicyclic amines) is 2. The van der Waals surface area contributed by atoms with Crippen LogP contribution in [0, 0.1) is 24.2 Å². The van der Waals surface area contributed by atoms with E-state index in [2.05, 4.69) is 5.92 Å². The molecule has 0 saturated carbocycles. The van der Waals surface area contributed by atoms with Crippen molar-refractivity contribution in [3.63, 3.8) is 0 Å². The molecule has 0 unspecified atom stereocenters. The van der Waals surface area contributed by atoms with Crippen LogP contribution in [0.4, 0.5) is 0 Å². The Bertz CT molecular complexity index is 1390. The maximum atomic E-state index is 13.4. The Morgan fingerprint density at radius 3 is 2.44 bits per heavy atom. The van der Waals surface area contributed by atoms with E-state index in [0.717, 1.165) is 10.3 Å². The number of rotatable bonds is 4. The highest BCUT2D eigenvalue weighted by molar-refractivity contribution is 7.90. The topological polar surface area (TPSA) is 79.7 Å². The van der Waals surface area contributed by atoms with E-state index in [1.165, 1.54) is 3.97 Å². The number of nitrogens with zero attached hydrogens (tertiary/aromatic N) is 3. The van der Waals surface area contributed by atoms with Crippen molar-refractivity contribution in [1.29, 1.82) is 0 Å². The molecule has 2 aliphatic heterocycles. The molecule has 2 aromatic carbocycles. The first-order valence-electron chi connectivity index (χ1n) is 10.3. The number of fused-ring (bicyclic) bond motifs is 2. The average molecular weight is 448 g/mol. The van der Waals surface area contributed by atoms with Gasteiger partial charge in [-0.05, 0) is 30.8 Å². The van der Waals surface area contributed by atoms with E-state index in [9.17, 15) is 18.0 Å². The van der Waals surface area contributed by atoms with Crippen LogP contribution in [-0.2, 0) is 19.6 Å². The molecule has 5 rings (SSSR count). The van der Waals surface area contributed by atoms with Crippen molar-refractivity contribution in [2.45, 2.75) is 10.9 Å². The zero-order valence-corrected chi connectivity index (χ0v) is 18.2. The maximum Gasteiger partial charge on any atom is 0.268 e. The highest BCUT2D eigenvalue weighted by Gasteiger charge is 2.57. The molecular formula is C24H21N3O4S. The SMILES string of the molecule is C#CCN1C(=O)[C@H]2[C@H](CN(C)[C@@H]2c2cn(S(=O)(=O)c3ccccc3)c3ccccc23)C1=O. The van der Waals surface area contributed by atoms with Gasteiger partial charge in [0.2, 0.25) is 11.8 Å². The third kappa shape index (κ3) is 2.82. The van der Waals surface area contributed by atoms with E-state index in [1.54, 1.807) is 48.7 Å². The lowest BCUT2D eigenvalue weighted by Gasteiger charge is -2.24. The average Bonchev–Trinajstić information content (AvgIpc) is 3.41. The third-order valence-corrected chi connectivity index (χ3v) is 8.13. The summed E-state index contributed by atoms with van der Waals surface area (Å²) >= 11 is 0. The molecule has 0 N–H and O–H groups in total. The van der Waals surface area contributed by atoms with Crippen LogP contribution in [0.5, 0.6) is 0 Å². The lowest BCUT2D eigenvalue weighted by Crippen LogP contribution is -2.36. The largest absolute Gasteiger partial charge is 0.298 e. The summed E-state index contributed by atoms with van der Waals surface area (Å²) in [6.07, 6.45) is 6.96. The van der Waals surface area contributed by atoms with Crippen LogP contribution < -0.4 is 0 Å². The number of terminal acetylenes is 1. The van der Waals surface area contributed by atoms with Crippen LogP contribution in [0.25, 0.3) is 10.9 Å². The summed E-state index contributed by atoms with van der Waals surface area (Å²) in [5.74, 6) is 0.747. The van der Waals surface area contributed by atoms with Gasteiger partial charge in [-0.15, -0.1) is 6.42 Å². The van der Waals surface area contributed by atoms with Gasteiger partial charge in [0.25, 0.3) is 10.0 Å². The molecule has 2 aliphatic rings. The van der Waals surface area contributed by atoms with Crippen LogP contribution >= 0.6 is 0 Å². The number of carbonyl (C=O) groups is 2. The van der Waals surface area contributed by atoms with Crippen molar-refractivity contribution in [1.82, 2.24) is 13.8 Å². The molecule has 0 aliphatic carbocycles. The van der Waals surface area contributed by atoms with Crippen molar-refractivity contribution in [2.24, 2.45) is 11.8 Å².